The van der Waals surface area contributed by atoms with Crippen LogP contribution in [0.15, 0.2) is 12.7 Å². The molecule has 0 bridgehead atoms. The lowest BCUT2D eigenvalue weighted by Crippen LogP contribution is -2.52. The normalized spacial score (nSPS) is 22.9. The first-order valence-electron chi connectivity index (χ1n) is 6.02. The molecule has 5 nitrogen and oxygen atoms in total. The summed E-state index contributed by atoms with van der Waals surface area (Å²) in [7, 11) is 0.113. The number of hydrogen-bond donors (Lipinski definition) is 1. The largest absolute Gasteiger partial charge is 0.318 e. The predicted molar refractivity (Wildman–Crippen MR) is 70.0 cm³/mol. The lowest BCUT2D eigenvalue weighted by Gasteiger charge is -2.36. The minimum absolute atomic E-state index is 0.0750. The van der Waals surface area contributed by atoms with Crippen LogP contribution < -0.4 is 5.32 Å². The molecule has 0 spiro atoms. The van der Waals surface area contributed by atoms with Crippen LogP contribution in [0.1, 0.15) is 19.3 Å². The standard InChI is InChI=1S/C11H23N3O2S/c1-4-8-13(3)17(15,16)14-9-6-5-7-11(14)10-12-2/h4,11-12H,1,5-10H2,2-3H3. The molecular formula is C11H23N3O2S. The van der Waals surface area contributed by atoms with E-state index >= 15 is 0 Å². The lowest BCUT2D eigenvalue weighted by molar-refractivity contribution is 0.235. The van der Waals surface area contributed by atoms with Gasteiger partial charge >= 0.3 is 0 Å². The highest BCUT2D eigenvalue weighted by molar-refractivity contribution is 7.86. The Labute approximate surface area is 105 Å². The molecule has 1 fully saturated rings. The quantitative estimate of drug-likeness (QED) is 0.705. The van der Waals surface area contributed by atoms with Crippen LogP contribution in [0.5, 0.6) is 0 Å². The molecule has 6 heteroatoms. The van der Waals surface area contributed by atoms with E-state index in [9.17, 15) is 8.42 Å². The van der Waals surface area contributed by atoms with Crippen molar-refractivity contribution in [1.82, 2.24) is 13.9 Å². The third-order valence-corrected chi connectivity index (χ3v) is 5.10. The van der Waals surface area contributed by atoms with Crippen molar-refractivity contribution in [2.75, 3.05) is 33.7 Å². The SMILES string of the molecule is C=CCN(C)S(=O)(=O)N1CCCCC1CNC. The summed E-state index contributed by atoms with van der Waals surface area (Å²) < 4.78 is 27.7. The molecule has 0 radical (unpaired) electrons. The first kappa shape index (κ1) is 14.6. The van der Waals surface area contributed by atoms with E-state index in [4.69, 9.17) is 0 Å². The van der Waals surface area contributed by atoms with Crippen LogP contribution in [0.2, 0.25) is 0 Å². The van der Waals surface area contributed by atoms with E-state index in [1.165, 1.54) is 4.31 Å². The summed E-state index contributed by atoms with van der Waals surface area (Å²) in [6.07, 6.45) is 4.58. The van der Waals surface area contributed by atoms with Crippen molar-refractivity contribution >= 4 is 10.2 Å². The Kier molecular flexibility index (Phi) is 5.58. The Morgan fingerprint density at radius 2 is 2.24 bits per heavy atom. The first-order chi connectivity index (χ1) is 8.04. The Morgan fingerprint density at radius 3 is 2.82 bits per heavy atom. The molecule has 1 rings (SSSR count). The molecule has 17 heavy (non-hydrogen) atoms. The fraction of sp³-hybridized carbons (Fsp3) is 0.818. The second-order valence-corrected chi connectivity index (χ2v) is 6.38. The molecule has 1 N–H and O–H groups in total. The molecule has 1 aliphatic heterocycles. The van der Waals surface area contributed by atoms with Gasteiger partial charge in [0, 0.05) is 32.7 Å². The van der Waals surface area contributed by atoms with Crippen LogP contribution in [-0.4, -0.2) is 56.8 Å². The highest BCUT2D eigenvalue weighted by atomic mass is 32.2. The number of hydrogen-bond acceptors (Lipinski definition) is 3. The number of nitrogens with zero attached hydrogens (tertiary/aromatic N) is 2. The van der Waals surface area contributed by atoms with Gasteiger partial charge in [-0.15, -0.1) is 6.58 Å². The molecule has 0 aliphatic carbocycles. The van der Waals surface area contributed by atoms with Gasteiger partial charge in [0.25, 0.3) is 10.2 Å². The van der Waals surface area contributed by atoms with Crippen molar-refractivity contribution < 1.29 is 8.42 Å². The highest BCUT2D eigenvalue weighted by Crippen LogP contribution is 2.21. The number of likely N-dealkylation sites (N-methyl/N-ethyl adjacent to an activating group) is 2. The van der Waals surface area contributed by atoms with Crippen molar-refractivity contribution in [2.45, 2.75) is 25.3 Å². The lowest BCUT2D eigenvalue weighted by atomic mass is 10.1. The van der Waals surface area contributed by atoms with Crippen LogP contribution in [0.25, 0.3) is 0 Å². The second kappa shape index (κ2) is 6.49. The molecule has 0 aromatic heterocycles. The molecule has 0 amide bonds. The minimum Gasteiger partial charge on any atom is -0.318 e. The van der Waals surface area contributed by atoms with Crippen molar-refractivity contribution in [3.8, 4) is 0 Å². The average Bonchev–Trinajstić information content (AvgIpc) is 2.30. The second-order valence-electron chi connectivity index (χ2n) is 4.39. The van der Waals surface area contributed by atoms with E-state index in [1.54, 1.807) is 17.4 Å². The van der Waals surface area contributed by atoms with Gasteiger partial charge < -0.3 is 5.32 Å². The van der Waals surface area contributed by atoms with Crippen LogP contribution >= 0.6 is 0 Å². The zero-order valence-electron chi connectivity index (χ0n) is 10.7. The topological polar surface area (TPSA) is 52.7 Å². The Balaban J connectivity index is 2.82. The van der Waals surface area contributed by atoms with E-state index in [2.05, 4.69) is 11.9 Å². The molecule has 1 saturated heterocycles. The van der Waals surface area contributed by atoms with E-state index in [0.717, 1.165) is 19.3 Å². The maximum Gasteiger partial charge on any atom is 0.282 e. The van der Waals surface area contributed by atoms with Crippen molar-refractivity contribution in [2.24, 2.45) is 0 Å². The van der Waals surface area contributed by atoms with E-state index < -0.39 is 10.2 Å². The summed E-state index contributed by atoms with van der Waals surface area (Å²) in [6.45, 7) is 5.26. The monoisotopic (exact) mass is 261 g/mol. The van der Waals surface area contributed by atoms with Gasteiger partial charge in [0.1, 0.15) is 0 Å². The fourth-order valence-corrected chi connectivity index (χ4v) is 3.74. The van der Waals surface area contributed by atoms with Crippen LogP contribution in [0.4, 0.5) is 0 Å². The Hall–Kier alpha value is -0.430. The van der Waals surface area contributed by atoms with Crippen LogP contribution in [0, 0.1) is 0 Å². The Bertz CT molecular complexity index is 341. The molecule has 100 valence electrons. The smallest absolute Gasteiger partial charge is 0.282 e. The third kappa shape index (κ3) is 3.51. The number of rotatable bonds is 6. The zero-order valence-corrected chi connectivity index (χ0v) is 11.5. The zero-order chi connectivity index (χ0) is 12.9. The molecule has 0 aromatic carbocycles. The van der Waals surface area contributed by atoms with E-state index in [0.29, 0.717) is 19.6 Å². The van der Waals surface area contributed by atoms with Crippen molar-refractivity contribution in [3.63, 3.8) is 0 Å². The number of nitrogens with one attached hydrogen (secondary N) is 1. The van der Waals surface area contributed by atoms with Crippen LogP contribution in [-0.2, 0) is 10.2 Å². The first-order valence-corrected chi connectivity index (χ1v) is 7.42. The summed E-state index contributed by atoms with van der Waals surface area (Å²) in [5, 5.41) is 3.07. The molecule has 1 atom stereocenters. The molecule has 0 saturated carbocycles. The van der Waals surface area contributed by atoms with Crippen molar-refractivity contribution in [1.29, 1.82) is 0 Å². The number of piperidine rings is 1. The average molecular weight is 261 g/mol. The van der Waals surface area contributed by atoms with Gasteiger partial charge in [-0.1, -0.05) is 12.5 Å². The summed E-state index contributed by atoms with van der Waals surface area (Å²) in [4.78, 5) is 0. The van der Waals surface area contributed by atoms with E-state index in [1.807, 2.05) is 7.05 Å². The van der Waals surface area contributed by atoms with Gasteiger partial charge in [0.15, 0.2) is 0 Å². The molecular weight excluding hydrogens is 238 g/mol. The third-order valence-electron chi connectivity index (χ3n) is 3.09. The Morgan fingerprint density at radius 1 is 1.53 bits per heavy atom. The minimum atomic E-state index is -3.34. The van der Waals surface area contributed by atoms with Gasteiger partial charge in [-0.3, -0.25) is 0 Å². The maximum atomic E-state index is 12.3. The molecule has 1 heterocycles. The summed E-state index contributed by atoms with van der Waals surface area (Å²) >= 11 is 0. The van der Waals surface area contributed by atoms with Crippen molar-refractivity contribution in [3.05, 3.63) is 12.7 Å². The fourth-order valence-electron chi connectivity index (χ4n) is 2.17. The van der Waals surface area contributed by atoms with Gasteiger partial charge in [-0.05, 0) is 19.9 Å². The molecule has 1 aliphatic rings. The van der Waals surface area contributed by atoms with Gasteiger partial charge in [-0.25, -0.2) is 0 Å². The maximum absolute atomic E-state index is 12.3. The van der Waals surface area contributed by atoms with Gasteiger partial charge in [0.2, 0.25) is 0 Å². The van der Waals surface area contributed by atoms with E-state index in [-0.39, 0.29) is 6.04 Å². The molecule has 1 unspecified atom stereocenters. The summed E-state index contributed by atoms with van der Waals surface area (Å²) in [5.74, 6) is 0. The van der Waals surface area contributed by atoms with Gasteiger partial charge in [0.05, 0.1) is 0 Å². The highest BCUT2D eigenvalue weighted by Gasteiger charge is 2.34. The molecule has 0 aromatic rings. The van der Waals surface area contributed by atoms with Crippen LogP contribution in [0.3, 0.4) is 0 Å². The van der Waals surface area contributed by atoms with Gasteiger partial charge in [-0.2, -0.15) is 17.0 Å². The summed E-state index contributed by atoms with van der Waals surface area (Å²) in [6, 6.07) is 0.0750. The summed E-state index contributed by atoms with van der Waals surface area (Å²) in [5.41, 5.74) is 0. The predicted octanol–water partition coefficient (Wildman–Crippen LogP) is 0.423.